The molecule has 0 aromatic heterocycles. The zero-order chi connectivity index (χ0) is 74.4. The van der Waals surface area contributed by atoms with Crippen molar-refractivity contribution >= 4 is 23.9 Å². The Morgan fingerprint density at radius 3 is 0.376 bits per heavy atom. The molecule has 0 aliphatic rings. The number of ether oxygens (including phenoxy) is 4. The fourth-order valence-corrected chi connectivity index (χ4v) is 12.7. The van der Waals surface area contributed by atoms with Crippen LogP contribution in [0.3, 0.4) is 0 Å². The van der Waals surface area contributed by atoms with Crippen LogP contribution in [-0.4, -0.2) is 74.7 Å². The number of carbonyl (C=O) groups is 4. The summed E-state index contributed by atoms with van der Waals surface area (Å²) in [4.78, 5) is 44.1. The van der Waals surface area contributed by atoms with Crippen LogP contribution in [0.4, 0.5) is 0 Å². The van der Waals surface area contributed by atoms with Crippen LogP contribution < -0.4 is 20.4 Å². The molecule has 0 N–H and O–H groups in total. The molecule has 0 amide bonds. The second-order valence-electron chi connectivity index (χ2n) is 29.7. The fourth-order valence-electron chi connectivity index (χ4n) is 12.7. The van der Waals surface area contributed by atoms with Gasteiger partial charge in [-0.05, 0) is 51.4 Å². The van der Waals surface area contributed by atoms with Crippen LogP contribution in [0.1, 0.15) is 492 Å². The fraction of sp³-hybridized carbons (Fsp3) is 0.955. The smallest absolute Gasteiger partial charge is 0.547 e. The summed E-state index contributed by atoms with van der Waals surface area (Å²) in [6.07, 6.45) is 80.9. The van der Waals surface area contributed by atoms with Gasteiger partial charge in [-0.2, -0.15) is 0 Å². The molecule has 13 heteroatoms. The summed E-state index contributed by atoms with van der Waals surface area (Å²) in [6, 6.07) is 0. The molecular formula is C88H172O12Zr. The van der Waals surface area contributed by atoms with E-state index in [1.165, 1.54) is 308 Å². The summed E-state index contributed by atoms with van der Waals surface area (Å²) in [7, 11) is 0. The Bertz CT molecular complexity index is 1350. The number of carbonyl (C=O) groups excluding carboxylic acids is 4. The Morgan fingerprint density at radius 1 is 0.178 bits per heavy atom. The second kappa shape index (κ2) is 96.6. The molecule has 4 unspecified atom stereocenters. The third-order valence-electron chi connectivity index (χ3n) is 19.6. The zero-order valence-electron chi connectivity index (χ0n) is 68.6. The first-order chi connectivity index (χ1) is 48.9. The third kappa shape index (κ3) is 94.6. The van der Waals surface area contributed by atoms with Gasteiger partial charge < -0.3 is 58.6 Å². The summed E-state index contributed by atoms with van der Waals surface area (Å²) in [5, 5.41) is 44.1. The van der Waals surface area contributed by atoms with E-state index in [1.807, 2.05) is 0 Å². The second-order valence-corrected chi connectivity index (χ2v) is 29.7. The van der Waals surface area contributed by atoms with E-state index in [-0.39, 0.29) is 26.2 Å². The molecule has 0 aliphatic heterocycles. The van der Waals surface area contributed by atoms with Gasteiger partial charge in [-0.1, -0.05) is 441 Å². The van der Waals surface area contributed by atoms with Crippen LogP contribution in [0.15, 0.2) is 0 Å². The molecule has 0 aliphatic carbocycles. The molecule has 0 saturated carbocycles. The van der Waals surface area contributed by atoms with E-state index in [2.05, 4.69) is 55.4 Å². The quantitative estimate of drug-likeness (QED) is 0.0523. The van der Waals surface area contributed by atoms with Crippen LogP contribution in [0.2, 0.25) is 0 Å². The standard InChI is InChI=1S/4C22H44O3.Zr/c4*1-3-5-7-8-9-10-11-12-13-14-15-16-17-18-19-21(22(23)24)25-20-6-4-2;/h4*21H,3-20H2,1-2H3,(H,23,24);/q;;;;+4/p-4. The average molecular weight is 1510 g/mol. The molecule has 0 aromatic carbocycles. The third-order valence-corrected chi connectivity index (χ3v) is 19.6. The average Bonchev–Trinajstić information content (AvgIpc) is 1.62. The number of carboxylic acids is 4. The number of aliphatic carboxylic acids is 4. The minimum Gasteiger partial charge on any atom is -0.547 e. The van der Waals surface area contributed by atoms with Gasteiger partial charge in [0.2, 0.25) is 0 Å². The van der Waals surface area contributed by atoms with E-state index in [0.717, 1.165) is 103 Å². The number of unbranched alkanes of at least 4 members (excludes halogenated alkanes) is 56. The zero-order valence-corrected chi connectivity index (χ0v) is 71.1. The van der Waals surface area contributed by atoms with E-state index in [4.69, 9.17) is 18.9 Å². The van der Waals surface area contributed by atoms with Gasteiger partial charge in [0, 0.05) is 26.4 Å². The summed E-state index contributed by atoms with van der Waals surface area (Å²) >= 11 is 0. The molecule has 0 heterocycles. The first kappa shape index (κ1) is 108. The molecular weight excluding hydrogens is 1340 g/mol. The Balaban J connectivity index is -0.000000404. The van der Waals surface area contributed by atoms with E-state index in [0.29, 0.717) is 52.1 Å². The SMILES string of the molecule is CCCCCCCCCCCCCCCCC(OCCCC)C(=O)[O-].CCCCCCCCCCCCCCCCC(OCCCC)C(=O)[O-].CCCCCCCCCCCCCCCCC(OCCCC)C(=O)[O-].CCCCCCCCCCCCCCCCC(OCCCC)C(=O)[O-].[Zr+4]. The minimum absolute atomic E-state index is 0. The Hall–Kier alpha value is -1.40. The summed E-state index contributed by atoms with van der Waals surface area (Å²) in [5.41, 5.74) is 0. The monoisotopic (exact) mass is 1510 g/mol. The van der Waals surface area contributed by atoms with Crippen molar-refractivity contribution in [3.63, 3.8) is 0 Å². The molecule has 0 radical (unpaired) electrons. The summed E-state index contributed by atoms with van der Waals surface area (Å²) in [6.45, 7) is 19.5. The van der Waals surface area contributed by atoms with Crippen LogP contribution in [-0.2, 0) is 64.3 Å². The maximum absolute atomic E-state index is 11.0. The maximum atomic E-state index is 11.0. The van der Waals surface area contributed by atoms with E-state index in [1.54, 1.807) is 0 Å². The number of rotatable bonds is 80. The maximum Gasteiger partial charge on any atom is 4.00 e. The van der Waals surface area contributed by atoms with Crippen LogP contribution in [0, 0.1) is 0 Å². The molecule has 0 bridgehead atoms. The van der Waals surface area contributed by atoms with Gasteiger partial charge in [-0.15, -0.1) is 0 Å². The molecule has 0 rings (SSSR count). The minimum atomic E-state index is -1.05. The van der Waals surface area contributed by atoms with Crippen molar-refractivity contribution < 1.29 is 84.8 Å². The predicted molar refractivity (Wildman–Crippen MR) is 418 cm³/mol. The number of hydrogen-bond donors (Lipinski definition) is 0. The van der Waals surface area contributed by atoms with Crippen molar-refractivity contribution in [1.29, 1.82) is 0 Å². The number of carboxylic acid groups (broad SMARTS) is 4. The van der Waals surface area contributed by atoms with Gasteiger partial charge in [0.05, 0.1) is 48.3 Å². The van der Waals surface area contributed by atoms with Gasteiger partial charge in [-0.3, -0.25) is 0 Å². The Morgan fingerprint density at radius 2 is 0.277 bits per heavy atom. The van der Waals surface area contributed by atoms with Crippen LogP contribution in [0.5, 0.6) is 0 Å². The summed E-state index contributed by atoms with van der Waals surface area (Å²) in [5.74, 6) is -4.20. The topological polar surface area (TPSA) is 197 Å². The van der Waals surface area contributed by atoms with Gasteiger partial charge in [0.15, 0.2) is 0 Å². The van der Waals surface area contributed by atoms with Crippen molar-refractivity contribution in [2.45, 2.75) is 516 Å². The summed E-state index contributed by atoms with van der Waals surface area (Å²) < 4.78 is 21.6. The molecule has 0 fully saturated rings. The van der Waals surface area contributed by atoms with E-state index < -0.39 is 48.3 Å². The molecule has 600 valence electrons. The molecule has 0 spiro atoms. The normalized spacial score (nSPS) is 12.3. The van der Waals surface area contributed by atoms with Gasteiger partial charge in [-0.25, -0.2) is 0 Å². The molecule has 0 aromatic rings. The van der Waals surface area contributed by atoms with Crippen LogP contribution in [0.25, 0.3) is 0 Å². The molecule has 4 atom stereocenters. The molecule has 12 nitrogen and oxygen atoms in total. The van der Waals surface area contributed by atoms with E-state index >= 15 is 0 Å². The first-order valence-corrected chi connectivity index (χ1v) is 44.2. The van der Waals surface area contributed by atoms with Crippen molar-refractivity contribution in [2.75, 3.05) is 26.4 Å². The molecule has 101 heavy (non-hydrogen) atoms. The molecule has 0 saturated heterocycles. The van der Waals surface area contributed by atoms with Gasteiger partial charge in [0.1, 0.15) is 0 Å². The van der Waals surface area contributed by atoms with Crippen molar-refractivity contribution in [2.24, 2.45) is 0 Å². The first-order valence-electron chi connectivity index (χ1n) is 44.2. The predicted octanol–water partition coefficient (Wildman–Crippen LogP) is 23.2. The van der Waals surface area contributed by atoms with E-state index in [9.17, 15) is 39.6 Å². The van der Waals surface area contributed by atoms with Crippen molar-refractivity contribution in [1.82, 2.24) is 0 Å². The van der Waals surface area contributed by atoms with Crippen molar-refractivity contribution in [3.8, 4) is 0 Å². The van der Waals surface area contributed by atoms with Crippen LogP contribution >= 0.6 is 0 Å². The van der Waals surface area contributed by atoms with Gasteiger partial charge >= 0.3 is 26.2 Å². The Labute approximate surface area is 647 Å². The largest absolute Gasteiger partial charge is 4.00 e. The van der Waals surface area contributed by atoms with Crippen molar-refractivity contribution in [3.05, 3.63) is 0 Å². The van der Waals surface area contributed by atoms with Gasteiger partial charge in [0.25, 0.3) is 0 Å². The number of hydrogen-bond acceptors (Lipinski definition) is 12. The Kier molecular flexibility index (Phi) is 104.